The second kappa shape index (κ2) is 11.2. The lowest BCUT2D eigenvalue weighted by atomic mass is 10.1. The van der Waals surface area contributed by atoms with Crippen LogP contribution in [0.1, 0.15) is 21.5 Å². The number of benzene rings is 4. The van der Waals surface area contributed by atoms with E-state index in [0.29, 0.717) is 56.2 Å². The maximum atomic E-state index is 12.9. The van der Waals surface area contributed by atoms with Gasteiger partial charge in [-0.25, -0.2) is 4.98 Å². The van der Waals surface area contributed by atoms with E-state index in [0.717, 1.165) is 11.1 Å². The first kappa shape index (κ1) is 25.7. The third kappa shape index (κ3) is 5.97. The molecule has 0 saturated heterocycles. The molecule has 0 atom stereocenters. The smallest absolute Gasteiger partial charge is 0.257 e. The number of rotatable bonds is 6. The molecular weight excluding hydrogens is 541 g/mol. The molecule has 6 nitrogen and oxygen atoms in total. The standard InChI is InChI=1S/C29H21Cl2N3O3S/c1-17-10-11-20(28-32-25-15-21(30)14-23(31)26(25)37-28)13-24(17)33-29(38)34-27(35)19-8-5-9-22(12-19)36-16-18-6-3-2-4-7-18/h2-15H,16H2,1H3,(H2,33,34,35,38). The summed E-state index contributed by atoms with van der Waals surface area (Å²) >= 11 is 17.8. The molecule has 0 fully saturated rings. The van der Waals surface area contributed by atoms with Crippen LogP contribution in [0.3, 0.4) is 0 Å². The van der Waals surface area contributed by atoms with Gasteiger partial charge in [-0.1, -0.05) is 65.7 Å². The first-order valence-corrected chi connectivity index (χ1v) is 12.8. The van der Waals surface area contributed by atoms with Crippen LogP contribution in [0.15, 0.2) is 89.3 Å². The summed E-state index contributed by atoms with van der Waals surface area (Å²) in [5.41, 5.74) is 4.79. The van der Waals surface area contributed by atoms with Crippen LogP contribution in [0.25, 0.3) is 22.6 Å². The van der Waals surface area contributed by atoms with Crippen LogP contribution < -0.4 is 15.4 Å². The molecule has 0 radical (unpaired) electrons. The maximum absolute atomic E-state index is 12.9. The van der Waals surface area contributed by atoms with Crippen molar-refractivity contribution in [3.8, 4) is 17.2 Å². The third-order valence-corrected chi connectivity index (χ3v) is 6.42. The van der Waals surface area contributed by atoms with Gasteiger partial charge in [-0.2, -0.15) is 0 Å². The number of aryl methyl sites for hydroxylation is 1. The molecular formula is C29H21Cl2N3O3S. The quantitative estimate of drug-likeness (QED) is 0.206. The first-order valence-electron chi connectivity index (χ1n) is 11.6. The van der Waals surface area contributed by atoms with Crippen molar-refractivity contribution in [1.82, 2.24) is 10.3 Å². The summed E-state index contributed by atoms with van der Waals surface area (Å²) in [7, 11) is 0. The van der Waals surface area contributed by atoms with E-state index in [4.69, 9.17) is 44.6 Å². The lowest BCUT2D eigenvalue weighted by Crippen LogP contribution is -2.34. The van der Waals surface area contributed by atoms with Crippen LogP contribution in [0.2, 0.25) is 10.0 Å². The minimum atomic E-state index is -0.355. The number of halogens is 2. The van der Waals surface area contributed by atoms with E-state index in [-0.39, 0.29) is 11.0 Å². The molecule has 0 spiro atoms. The van der Waals surface area contributed by atoms with Crippen molar-refractivity contribution in [1.29, 1.82) is 0 Å². The Hall–Kier alpha value is -3.91. The summed E-state index contributed by atoms with van der Waals surface area (Å²) in [5.74, 6) is 0.616. The van der Waals surface area contributed by atoms with Gasteiger partial charge in [0.25, 0.3) is 5.91 Å². The Morgan fingerprint density at radius 1 is 1.00 bits per heavy atom. The Balaban J connectivity index is 1.27. The summed E-state index contributed by atoms with van der Waals surface area (Å²) in [6, 6.07) is 25.7. The molecule has 0 aliphatic carbocycles. The van der Waals surface area contributed by atoms with E-state index in [9.17, 15) is 4.79 Å². The second-order valence-electron chi connectivity index (χ2n) is 8.49. The molecule has 9 heteroatoms. The van der Waals surface area contributed by atoms with Crippen molar-refractivity contribution >= 4 is 63.2 Å². The van der Waals surface area contributed by atoms with E-state index < -0.39 is 0 Å². The van der Waals surface area contributed by atoms with Crippen molar-refractivity contribution in [3.05, 3.63) is 112 Å². The molecule has 5 rings (SSSR count). The zero-order valence-corrected chi connectivity index (χ0v) is 22.5. The average molecular weight is 562 g/mol. The molecule has 1 heterocycles. The van der Waals surface area contributed by atoms with Gasteiger partial charge < -0.3 is 14.5 Å². The molecule has 0 saturated carbocycles. The minimum absolute atomic E-state index is 0.151. The predicted octanol–water partition coefficient (Wildman–Crippen LogP) is 7.82. The Morgan fingerprint density at radius 2 is 1.82 bits per heavy atom. The number of nitrogens with one attached hydrogen (secondary N) is 2. The Labute approximate surface area is 234 Å². The first-order chi connectivity index (χ1) is 18.4. The van der Waals surface area contributed by atoms with Crippen LogP contribution in [0, 0.1) is 6.92 Å². The molecule has 0 bridgehead atoms. The van der Waals surface area contributed by atoms with Crippen LogP contribution >= 0.6 is 35.4 Å². The summed E-state index contributed by atoms with van der Waals surface area (Å²) < 4.78 is 11.7. The number of thiocarbonyl (C=S) groups is 1. The van der Waals surface area contributed by atoms with Crippen molar-refractivity contribution in [2.75, 3.05) is 5.32 Å². The topological polar surface area (TPSA) is 76.4 Å². The molecule has 0 aliphatic heterocycles. The highest BCUT2D eigenvalue weighted by Crippen LogP contribution is 2.33. The SMILES string of the molecule is Cc1ccc(-c2nc3cc(Cl)cc(Cl)c3o2)cc1NC(=S)NC(=O)c1cccc(OCc2ccccc2)c1. The molecule has 0 aliphatic rings. The van der Waals surface area contributed by atoms with Gasteiger partial charge in [0.05, 0.1) is 5.02 Å². The van der Waals surface area contributed by atoms with Gasteiger partial charge in [0, 0.05) is 21.8 Å². The van der Waals surface area contributed by atoms with Gasteiger partial charge in [0.15, 0.2) is 10.7 Å². The third-order valence-electron chi connectivity index (χ3n) is 5.71. The number of nitrogens with zero attached hydrogens (tertiary/aromatic N) is 1. The summed E-state index contributed by atoms with van der Waals surface area (Å²) in [4.78, 5) is 17.4. The van der Waals surface area contributed by atoms with E-state index >= 15 is 0 Å². The summed E-state index contributed by atoms with van der Waals surface area (Å²) in [6.45, 7) is 2.33. The number of hydrogen-bond donors (Lipinski definition) is 2. The number of carbonyl (C=O) groups is 1. The number of hydrogen-bond acceptors (Lipinski definition) is 5. The van der Waals surface area contributed by atoms with Crippen LogP contribution in [-0.4, -0.2) is 16.0 Å². The number of carbonyl (C=O) groups excluding carboxylic acids is 1. The minimum Gasteiger partial charge on any atom is -0.489 e. The zero-order chi connectivity index (χ0) is 26.6. The molecule has 2 N–H and O–H groups in total. The molecule has 38 heavy (non-hydrogen) atoms. The monoisotopic (exact) mass is 561 g/mol. The Kier molecular flexibility index (Phi) is 7.60. The average Bonchev–Trinajstić information content (AvgIpc) is 3.34. The lowest BCUT2D eigenvalue weighted by Gasteiger charge is -2.13. The number of oxazole rings is 1. The molecule has 4 aromatic carbocycles. The zero-order valence-electron chi connectivity index (χ0n) is 20.1. The molecule has 5 aromatic rings. The Bertz CT molecular complexity index is 1650. The van der Waals surface area contributed by atoms with Crippen molar-refractivity contribution in [2.45, 2.75) is 13.5 Å². The van der Waals surface area contributed by atoms with Gasteiger partial charge in [0.1, 0.15) is 17.9 Å². The lowest BCUT2D eigenvalue weighted by molar-refractivity contribution is 0.0977. The van der Waals surface area contributed by atoms with Gasteiger partial charge in [-0.3, -0.25) is 10.1 Å². The van der Waals surface area contributed by atoms with E-state index in [1.54, 1.807) is 36.4 Å². The number of anilines is 1. The Morgan fingerprint density at radius 3 is 2.63 bits per heavy atom. The fourth-order valence-electron chi connectivity index (χ4n) is 3.77. The van der Waals surface area contributed by atoms with Crippen molar-refractivity contribution in [2.24, 2.45) is 0 Å². The van der Waals surface area contributed by atoms with Gasteiger partial charge in [-0.05, 0) is 72.7 Å². The van der Waals surface area contributed by atoms with E-state index in [2.05, 4.69) is 15.6 Å². The molecule has 0 unspecified atom stereocenters. The van der Waals surface area contributed by atoms with E-state index in [1.807, 2.05) is 55.5 Å². The fraction of sp³-hybridized carbons (Fsp3) is 0.0690. The molecule has 190 valence electrons. The highest BCUT2D eigenvalue weighted by molar-refractivity contribution is 7.80. The van der Waals surface area contributed by atoms with Gasteiger partial charge in [0.2, 0.25) is 5.89 Å². The largest absolute Gasteiger partial charge is 0.489 e. The number of ether oxygens (including phenoxy) is 1. The van der Waals surface area contributed by atoms with Crippen molar-refractivity contribution in [3.63, 3.8) is 0 Å². The number of aromatic nitrogens is 1. The van der Waals surface area contributed by atoms with Crippen molar-refractivity contribution < 1.29 is 13.9 Å². The normalized spacial score (nSPS) is 10.8. The highest BCUT2D eigenvalue weighted by atomic mass is 35.5. The molecule has 1 aromatic heterocycles. The van der Waals surface area contributed by atoms with E-state index in [1.165, 1.54) is 0 Å². The predicted molar refractivity (Wildman–Crippen MR) is 155 cm³/mol. The maximum Gasteiger partial charge on any atom is 0.257 e. The number of fused-ring (bicyclic) bond motifs is 1. The van der Waals surface area contributed by atoms with Crippen LogP contribution in [0.5, 0.6) is 5.75 Å². The summed E-state index contributed by atoms with van der Waals surface area (Å²) in [5, 5.41) is 6.82. The fourth-order valence-corrected chi connectivity index (χ4v) is 4.49. The van der Waals surface area contributed by atoms with Gasteiger partial charge in [-0.15, -0.1) is 0 Å². The summed E-state index contributed by atoms with van der Waals surface area (Å²) in [6.07, 6.45) is 0. The van der Waals surface area contributed by atoms with Gasteiger partial charge >= 0.3 is 0 Å². The number of amides is 1. The van der Waals surface area contributed by atoms with Crippen LogP contribution in [0.4, 0.5) is 5.69 Å². The van der Waals surface area contributed by atoms with Crippen LogP contribution in [-0.2, 0) is 6.61 Å². The second-order valence-corrected chi connectivity index (χ2v) is 9.75. The molecule has 1 amide bonds. The highest BCUT2D eigenvalue weighted by Gasteiger charge is 2.15.